The Balaban J connectivity index is 2.49. The second-order valence-corrected chi connectivity index (χ2v) is 5.93. The van der Waals surface area contributed by atoms with Crippen LogP contribution in [0.15, 0.2) is 17.2 Å². The second-order valence-electron chi connectivity index (χ2n) is 5.93. The summed E-state index contributed by atoms with van der Waals surface area (Å²) in [5, 5.41) is 52.0. The smallest absolute Gasteiger partial charge is 0.303 e. The number of hydrogen-bond acceptors (Lipinski definition) is 9. The van der Waals surface area contributed by atoms with E-state index in [2.05, 4.69) is 22.2 Å². The molecule has 0 aliphatic carbocycles. The van der Waals surface area contributed by atoms with E-state index in [1.807, 2.05) is 0 Å². The maximum atomic E-state index is 12.7. The first-order valence-corrected chi connectivity index (χ1v) is 7.93. The lowest BCUT2D eigenvalue weighted by Crippen LogP contribution is -2.45. The van der Waals surface area contributed by atoms with Gasteiger partial charge < -0.3 is 36.2 Å². The fraction of sp³-hybridized carbons (Fsp3) is 0.467. The van der Waals surface area contributed by atoms with E-state index in [-0.39, 0.29) is 29.4 Å². The van der Waals surface area contributed by atoms with E-state index in [1.165, 1.54) is 0 Å². The number of rotatable bonds is 8. The first-order chi connectivity index (χ1) is 12.6. The molecule has 1 aliphatic rings. The summed E-state index contributed by atoms with van der Waals surface area (Å²) in [6.45, 7) is 2.15. The number of nitrogens with zero attached hydrogens (tertiary/aromatic N) is 2. The van der Waals surface area contributed by atoms with Gasteiger partial charge in [0, 0.05) is 6.42 Å². The van der Waals surface area contributed by atoms with Crippen molar-refractivity contribution in [3.63, 3.8) is 0 Å². The van der Waals surface area contributed by atoms with E-state index >= 15 is 0 Å². The molecule has 1 amide bonds. The molecule has 3 atom stereocenters. The lowest BCUT2D eigenvalue weighted by molar-refractivity contribution is -0.137. The van der Waals surface area contributed by atoms with Gasteiger partial charge in [-0.05, 0) is 0 Å². The number of carbonyl (C=O) groups is 2. The van der Waals surface area contributed by atoms with Crippen LogP contribution in [-0.4, -0.2) is 71.9 Å². The van der Waals surface area contributed by atoms with Gasteiger partial charge in [0.2, 0.25) is 0 Å². The molecule has 27 heavy (non-hydrogen) atoms. The highest BCUT2D eigenvalue weighted by Gasteiger charge is 2.30. The number of carbonyl (C=O) groups excluding carboxylic acids is 1. The second kappa shape index (κ2) is 8.26. The number of carboxylic acid groups (broad SMARTS) is 1. The van der Waals surface area contributed by atoms with Crippen LogP contribution in [0.5, 0.6) is 0 Å². The average Bonchev–Trinajstić information content (AvgIpc) is 2.61. The topological polar surface area (TPSA) is 194 Å². The first-order valence-electron chi connectivity index (χ1n) is 7.93. The average molecular weight is 384 g/mol. The van der Waals surface area contributed by atoms with Crippen molar-refractivity contribution in [2.45, 2.75) is 37.7 Å². The number of anilines is 1. The van der Waals surface area contributed by atoms with Gasteiger partial charge in [-0.15, -0.1) is 0 Å². The van der Waals surface area contributed by atoms with Crippen molar-refractivity contribution < 1.29 is 35.1 Å². The number of hydrogen-bond donors (Lipinski definition) is 7. The van der Waals surface area contributed by atoms with E-state index in [4.69, 9.17) is 10.2 Å². The fourth-order valence-electron chi connectivity index (χ4n) is 2.50. The normalized spacial score (nSPS) is 16.7. The molecule has 12 heteroatoms. The van der Waals surface area contributed by atoms with Crippen LogP contribution < -0.4 is 16.2 Å². The molecular formula is C15H20N4O8. The van der Waals surface area contributed by atoms with Gasteiger partial charge in [0.1, 0.15) is 35.6 Å². The van der Waals surface area contributed by atoms with Crippen molar-refractivity contribution in [3.8, 4) is 0 Å². The van der Waals surface area contributed by atoms with Crippen LogP contribution in [0, 0.1) is 0 Å². The molecule has 0 saturated heterocycles. The number of fused-ring (bicyclic) bond motifs is 1. The minimum absolute atomic E-state index is 0.0474. The van der Waals surface area contributed by atoms with Crippen molar-refractivity contribution in [2.24, 2.45) is 0 Å². The number of aliphatic carboxylic acids is 1. The summed E-state index contributed by atoms with van der Waals surface area (Å²) in [7, 11) is 0. The molecule has 1 aromatic rings. The number of nitrogens with one attached hydrogen (secondary N) is 2. The van der Waals surface area contributed by atoms with Gasteiger partial charge in [-0.3, -0.25) is 19.0 Å². The quantitative estimate of drug-likeness (QED) is 0.242. The molecule has 0 unspecified atom stereocenters. The molecule has 0 radical (unpaired) electrons. The zero-order valence-electron chi connectivity index (χ0n) is 14.1. The molecule has 7 N–H and O–H groups in total. The molecule has 1 aromatic heterocycles. The number of aliphatic hydroxyl groups is 4. The summed E-state index contributed by atoms with van der Waals surface area (Å²) in [5.74, 6) is -1.91. The van der Waals surface area contributed by atoms with Crippen LogP contribution >= 0.6 is 0 Å². The molecule has 0 fully saturated rings. The Kier molecular flexibility index (Phi) is 6.28. The maximum absolute atomic E-state index is 12.7. The van der Waals surface area contributed by atoms with Crippen LogP contribution in [0.2, 0.25) is 0 Å². The summed E-state index contributed by atoms with van der Waals surface area (Å²) >= 11 is 0. The Morgan fingerprint density at radius 2 is 1.85 bits per heavy atom. The van der Waals surface area contributed by atoms with Crippen LogP contribution in [-0.2, 0) is 17.8 Å². The monoisotopic (exact) mass is 384 g/mol. The summed E-state index contributed by atoms with van der Waals surface area (Å²) in [5.41, 5.74) is -1.22. The van der Waals surface area contributed by atoms with Gasteiger partial charge >= 0.3 is 5.97 Å². The Labute approximate surface area is 152 Å². The van der Waals surface area contributed by atoms with Crippen LogP contribution in [0.1, 0.15) is 22.6 Å². The number of aliphatic hydroxyl groups excluding tert-OH is 4. The lowest BCUT2D eigenvalue weighted by atomic mass is 10.1. The third-order valence-electron chi connectivity index (χ3n) is 3.90. The predicted octanol–water partition coefficient (Wildman–Crippen LogP) is -3.04. The van der Waals surface area contributed by atoms with E-state index in [0.29, 0.717) is 0 Å². The van der Waals surface area contributed by atoms with Crippen molar-refractivity contribution >= 4 is 17.7 Å². The van der Waals surface area contributed by atoms with E-state index in [9.17, 15) is 29.7 Å². The summed E-state index contributed by atoms with van der Waals surface area (Å²) in [6.07, 6.45) is -5.76. The van der Waals surface area contributed by atoms with Crippen molar-refractivity contribution in [2.75, 3.05) is 11.9 Å². The summed E-state index contributed by atoms with van der Waals surface area (Å²) in [6, 6.07) is 0. The third-order valence-corrected chi connectivity index (χ3v) is 3.90. The molecule has 2 heterocycles. The maximum Gasteiger partial charge on any atom is 0.303 e. The van der Waals surface area contributed by atoms with Gasteiger partial charge in [-0.2, -0.15) is 0 Å². The highest BCUT2D eigenvalue weighted by atomic mass is 16.4. The SMILES string of the molecule is C=C1NC(=O)c2nc(CCC(=O)O)c(=O)n(C[C@H](O)[C@H](O)[C@H](O)CO)c2N1. The third kappa shape index (κ3) is 4.49. The lowest BCUT2D eigenvalue weighted by Gasteiger charge is -2.27. The minimum Gasteiger partial charge on any atom is -0.481 e. The van der Waals surface area contributed by atoms with Gasteiger partial charge in [-0.1, -0.05) is 6.58 Å². The molecule has 2 rings (SSSR count). The molecule has 0 spiro atoms. The van der Waals surface area contributed by atoms with E-state index < -0.39 is 55.3 Å². The van der Waals surface area contributed by atoms with Crippen molar-refractivity contribution in [1.29, 1.82) is 0 Å². The van der Waals surface area contributed by atoms with Crippen molar-refractivity contribution in [3.05, 3.63) is 34.1 Å². The van der Waals surface area contributed by atoms with Crippen LogP contribution in [0.25, 0.3) is 0 Å². The van der Waals surface area contributed by atoms with E-state index in [1.54, 1.807) is 0 Å². The van der Waals surface area contributed by atoms with Crippen LogP contribution in [0.4, 0.5) is 5.82 Å². The summed E-state index contributed by atoms with van der Waals surface area (Å²) in [4.78, 5) is 39.5. The standard InChI is InChI=1S/C15H20N4O8/c1-6-16-13-11(14(26)17-6)18-7(2-3-10(23)24)15(27)19(13)4-8(21)12(25)9(22)5-20/h8-9,12,16,20-22,25H,1-5H2,(H,17,26)(H,23,24)/t8-,9+,12-/m0/s1. The Morgan fingerprint density at radius 1 is 1.19 bits per heavy atom. The number of aromatic nitrogens is 2. The number of amides is 1. The van der Waals surface area contributed by atoms with E-state index in [0.717, 1.165) is 4.57 Å². The summed E-state index contributed by atoms with van der Waals surface area (Å²) < 4.78 is 0.904. The van der Waals surface area contributed by atoms with Gasteiger partial charge in [-0.25, -0.2) is 4.98 Å². The Hall–Kier alpha value is -2.80. The van der Waals surface area contributed by atoms with Crippen molar-refractivity contribution in [1.82, 2.24) is 14.9 Å². The van der Waals surface area contributed by atoms with Gasteiger partial charge in [0.05, 0.1) is 19.6 Å². The zero-order chi connectivity index (χ0) is 20.3. The zero-order valence-corrected chi connectivity index (χ0v) is 14.1. The molecule has 12 nitrogen and oxygen atoms in total. The Morgan fingerprint density at radius 3 is 2.44 bits per heavy atom. The van der Waals surface area contributed by atoms with Gasteiger partial charge in [0.15, 0.2) is 5.69 Å². The molecule has 0 aromatic carbocycles. The fourth-order valence-corrected chi connectivity index (χ4v) is 2.50. The number of carboxylic acids is 1. The highest BCUT2D eigenvalue weighted by Crippen LogP contribution is 2.19. The number of aryl methyl sites for hydroxylation is 1. The molecule has 148 valence electrons. The highest BCUT2D eigenvalue weighted by molar-refractivity contribution is 6.00. The molecule has 0 bridgehead atoms. The minimum atomic E-state index is -1.77. The van der Waals surface area contributed by atoms with Gasteiger partial charge in [0.25, 0.3) is 11.5 Å². The first kappa shape index (κ1) is 20.5. The van der Waals surface area contributed by atoms with Crippen LogP contribution in [0.3, 0.4) is 0 Å². The molecule has 0 saturated carbocycles. The largest absolute Gasteiger partial charge is 0.481 e. The predicted molar refractivity (Wildman–Crippen MR) is 89.8 cm³/mol. The molecule has 1 aliphatic heterocycles. The Bertz CT molecular complexity index is 821. The molecular weight excluding hydrogens is 364 g/mol.